The molecule has 8 heteroatoms. The molecule has 2 aromatic rings. The number of benzene rings is 1. The van der Waals surface area contributed by atoms with Gasteiger partial charge in [0.2, 0.25) is 5.91 Å². The molecule has 7 nitrogen and oxygen atoms in total. The average molecular weight is 417 g/mol. The largest absolute Gasteiger partial charge is 0.379 e. The van der Waals surface area contributed by atoms with E-state index in [0.717, 1.165) is 19.5 Å². The van der Waals surface area contributed by atoms with Crippen LogP contribution in [0.2, 0.25) is 0 Å². The number of thiophene rings is 1. The molecule has 1 aromatic heterocycles. The van der Waals surface area contributed by atoms with Crippen LogP contribution in [0.5, 0.6) is 0 Å². The average Bonchev–Trinajstić information content (AvgIpc) is 3.18. The Morgan fingerprint density at radius 1 is 1.00 bits per heavy atom. The van der Waals surface area contributed by atoms with E-state index in [1.54, 1.807) is 11.3 Å². The molecular formula is C21H28N4O3S. The lowest BCUT2D eigenvalue weighted by Gasteiger charge is -2.36. The number of fused-ring (bicyclic) bond motifs is 1. The summed E-state index contributed by atoms with van der Waals surface area (Å²) >= 11 is 1.75. The van der Waals surface area contributed by atoms with Crippen LogP contribution < -0.4 is 5.32 Å². The van der Waals surface area contributed by atoms with E-state index < -0.39 is 0 Å². The standard InChI is InChI=1S/C21H28N4O3S/c26-20(15-23-11-13-28-14-12-23)24-7-9-25(10-8-24)21(27)22-6-5-17-16-29-19-4-2-1-3-18(17)19/h1-4,16H,5-15H2,(H,22,27). The van der Waals surface area contributed by atoms with Crippen molar-refractivity contribution in [2.75, 3.05) is 65.6 Å². The van der Waals surface area contributed by atoms with E-state index in [1.165, 1.54) is 15.6 Å². The topological polar surface area (TPSA) is 65.1 Å². The van der Waals surface area contributed by atoms with Crippen LogP contribution in [0, 0.1) is 0 Å². The van der Waals surface area contributed by atoms with Crippen molar-refractivity contribution in [3.8, 4) is 0 Å². The van der Waals surface area contributed by atoms with E-state index in [2.05, 4.69) is 39.9 Å². The van der Waals surface area contributed by atoms with Gasteiger partial charge in [-0.05, 0) is 28.8 Å². The maximum atomic E-state index is 12.5. The van der Waals surface area contributed by atoms with Crippen LogP contribution in [0.25, 0.3) is 10.1 Å². The number of carbonyl (C=O) groups is 2. The molecule has 2 saturated heterocycles. The summed E-state index contributed by atoms with van der Waals surface area (Å²) in [6, 6.07) is 8.33. The van der Waals surface area contributed by atoms with Crippen molar-refractivity contribution < 1.29 is 14.3 Å². The summed E-state index contributed by atoms with van der Waals surface area (Å²) in [7, 11) is 0. The minimum atomic E-state index is -0.0372. The van der Waals surface area contributed by atoms with Crippen molar-refractivity contribution in [3.63, 3.8) is 0 Å². The molecule has 1 aromatic carbocycles. The Balaban J connectivity index is 1.18. The molecule has 0 spiro atoms. The molecule has 2 aliphatic rings. The summed E-state index contributed by atoms with van der Waals surface area (Å²) in [5.41, 5.74) is 1.28. The number of hydrogen-bond acceptors (Lipinski definition) is 5. The Kier molecular flexibility index (Phi) is 6.63. The molecule has 29 heavy (non-hydrogen) atoms. The molecule has 0 aliphatic carbocycles. The van der Waals surface area contributed by atoms with Gasteiger partial charge >= 0.3 is 6.03 Å². The highest BCUT2D eigenvalue weighted by atomic mass is 32.1. The Labute approximate surface area is 175 Å². The van der Waals surface area contributed by atoms with Crippen molar-refractivity contribution in [1.29, 1.82) is 0 Å². The molecule has 156 valence electrons. The number of nitrogens with zero attached hydrogens (tertiary/aromatic N) is 3. The first-order valence-corrected chi connectivity index (χ1v) is 11.1. The molecule has 0 saturated carbocycles. The van der Waals surface area contributed by atoms with Crippen LogP contribution in [0.3, 0.4) is 0 Å². The molecule has 4 rings (SSSR count). The summed E-state index contributed by atoms with van der Waals surface area (Å²) in [5, 5.41) is 6.48. The summed E-state index contributed by atoms with van der Waals surface area (Å²) in [4.78, 5) is 30.8. The molecule has 0 bridgehead atoms. The molecule has 2 fully saturated rings. The summed E-state index contributed by atoms with van der Waals surface area (Å²) < 4.78 is 6.61. The number of morpholine rings is 1. The number of carbonyl (C=O) groups excluding carboxylic acids is 2. The van der Waals surface area contributed by atoms with Gasteiger partial charge < -0.3 is 19.9 Å². The van der Waals surface area contributed by atoms with Gasteiger partial charge in [-0.25, -0.2) is 4.79 Å². The number of urea groups is 1. The smallest absolute Gasteiger partial charge is 0.317 e. The monoisotopic (exact) mass is 416 g/mol. The minimum Gasteiger partial charge on any atom is -0.379 e. The van der Waals surface area contributed by atoms with Gasteiger partial charge in [-0.3, -0.25) is 9.69 Å². The zero-order chi connectivity index (χ0) is 20.1. The third kappa shape index (κ3) is 5.07. The fraction of sp³-hybridized carbons (Fsp3) is 0.524. The van der Waals surface area contributed by atoms with Crippen LogP contribution in [-0.2, 0) is 16.0 Å². The maximum Gasteiger partial charge on any atom is 0.317 e. The molecule has 0 atom stereocenters. The van der Waals surface area contributed by atoms with Gasteiger partial charge in [0.1, 0.15) is 0 Å². The van der Waals surface area contributed by atoms with Gasteiger partial charge in [-0.15, -0.1) is 11.3 Å². The predicted octanol–water partition coefficient (Wildman–Crippen LogP) is 1.63. The highest BCUT2D eigenvalue weighted by Crippen LogP contribution is 2.25. The lowest BCUT2D eigenvalue weighted by molar-refractivity contribution is -0.134. The number of rotatable bonds is 5. The van der Waals surface area contributed by atoms with Crippen molar-refractivity contribution in [2.45, 2.75) is 6.42 Å². The number of ether oxygens (including phenoxy) is 1. The second-order valence-corrected chi connectivity index (χ2v) is 8.41. The molecule has 3 heterocycles. The zero-order valence-corrected chi connectivity index (χ0v) is 17.5. The fourth-order valence-electron chi connectivity index (χ4n) is 3.85. The van der Waals surface area contributed by atoms with Crippen LogP contribution in [0.1, 0.15) is 5.56 Å². The second-order valence-electron chi connectivity index (χ2n) is 7.50. The highest BCUT2D eigenvalue weighted by molar-refractivity contribution is 7.17. The second kappa shape index (κ2) is 9.56. The van der Waals surface area contributed by atoms with Gasteiger partial charge in [0.05, 0.1) is 19.8 Å². The van der Waals surface area contributed by atoms with Gasteiger partial charge in [-0.1, -0.05) is 18.2 Å². The van der Waals surface area contributed by atoms with Crippen LogP contribution in [-0.4, -0.2) is 92.2 Å². The van der Waals surface area contributed by atoms with E-state index in [9.17, 15) is 9.59 Å². The van der Waals surface area contributed by atoms with E-state index in [1.807, 2.05) is 9.80 Å². The molecule has 2 aliphatic heterocycles. The van der Waals surface area contributed by atoms with Gasteiger partial charge in [0.25, 0.3) is 0 Å². The molecule has 0 unspecified atom stereocenters. The lowest BCUT2D eigenvalue weighted by Crippen LogP contribution is -2.55. The molecule has 3 amide bonds. The van der Waals surface area contributed by atoms with Crippen LogP contribution >= 0.6 is 11.3 Å². The Morgan fingerprint density at radius 3 is 2.52 bits per heavy atom. The first-order chi connectivity index (χ1) is 14.2. The molecular weight excluding hydrogens is 388 g/mol. The fourth-order valence-corrected chi connectivity index (χ4v) is 4.85. The normalized spacial score (nSPS) is 18.2. The zero-order valence-electron chi connectivity index (χ0n) is 16.6. The van der Waals surface area contributed by atoms with Crippen LogP contribution in [0.15, 0.2) is 29.6 Å². The Hall–Kier alpha value is -2.16. The van der Waals surface area contributed by atoms with Gasteiger partial charge in [0.15, 0.2) is 0 Å². The summed E-state index contributed by atoms with van der Waals surface area (Å²) in [6.07, 6.45) is 0.827. The van der Waals surface area contributed by atoms with Crippen molar-refractivity contribution >= 4 is 33.4 Å². The third-order valence-electron chi connectivity index (χ3n) is 5.61. The summed E-state index contributed by atoms with van der Waals surface area (Å²) in [6.45, 7) is 6.47. The number of nitrogens with one attached hydrogen (secondary N) is 1. The lowest BCUT2D eigenvalue weighted by atomic mass is 10.1. The van der Waals surface area contributed by atoms with Gasteiger partial charge in [-0.2, -0.15) is 0 Å². The first-order valence-electron chi connectivity index (χ1n) is 10.3. The predicted molar refractivity (Wildman–Crippen MR) is 114 cm³/mol. The Bertz CT molecular complexity index is 841. The van der Waals surface area contributed by atoms with Crippen molar-refractivity contribution in [3.05, 3.63) is 35.2 Å². The maximum absolute atomic E-state index is 12.5. The van der Waals surface area contributed by atoms with Crippen molar-refractivity contribution in [2.24, 2.45) is 0 Å². The Morgan fingerprint density at radius 2 is 1.72 bits per heavy atom. The number of amides is 3. The quantitative estimate of drug-likeness (QED) is 0.805. The van der Waals surface area contributed by atoms with Gasteiger partial charge in [0, 0.05) is 50.5 Å². The van der Waals surface area contributed by atoms with E-state index in [0.29, 0.717) is 52.5 Å². The van der Waals surface area contributed by atoms with E-state index in [-0.39, 0.29) is 11.9 Å². The molecule has 0 radical (unpaired) electrons. The minimum absolute atomic E-state index is 0.0372. The van der Waals surface area contributed by atoms with Crippen LogP contribution in [0.4, 0.5) is 4.79 Å². The van der Waals surface area contributed by atoms with E-state index >= 15 is 0 Å². The molecule has 1 N–H and O–H groups in total. The number of hydrogen-bond donors (Lipinski definition) is 1. The SMILES string of the molecule is O=C(CN1CCOCC1)N1CCN(C(=O)NCCc2csc3ccccc23)CC1. The highest BCUT2D eigenvalue weighted by Gasteiger charge is 2.25. The van der Waals surface area contributed by atoms with Crippen molar-refractivity contribution in [1.82, 2.24) is 20.0 Å². The number of piperazine rings is 1. The summed E-state index contributed by atoms with van der Waals surface area (Å²) in [5.74, 6) is 0.149. The van der Waals surface area contributed by atoms with E-state index in [4.69, 9.17) is 4.74 Å². The first kappa shape index (κ1) is 20.1. The third-order valence-corrected chi connectivity index (χ3v) is 6.63.